The molecule has 0 spiro atoms. The fourth-order valence-electron chi connectivity index (χ4n) is 2.24. The first-order valence-electron chi connectivity index (χ1n) is 7.65. The van der Waals surface area contributed by atoms with Crippen molar-refractivity contribution in [2.45, 2.75) is 19.9 Å². The SMILES string of the molecule is CN=C(NC#N)NCCCn1nc(-c2ccccc2)cc(C)c1=O. The van der Waals surface area contributed by atoms with Crippen LogP contribution in [0.25, 0.3) is 11.3 Å². The summed E-state index contributed by atoms with van der Waals surface area (Å²) < 4.78 is 1.49. The van der Waals surface area contributed by atoms with Crippen molar-refractivity contribution in [2.24, 2.45) is 4.99 Å². The van der Waals surface area contributed by atoms with Crippen LogP contribution in [0, 0.1) is 18.4 Å². The summed E-state index contributed by atoms with van der Waals surface area (Å²) in [5, 5.41) is 18.5. The number of guanidine groups is 1. The lowest BCUT2D eigenvalue weighted by atomic mass is 10.1. The van der Waals surface area contributed by atoms with Gasteiger partial charge in [-0.15, -0.1) is 0 Å². The van der Waals surface area contributed by atoms with Gasteiger partial charge >= 0.3 is 0 Å². The number of aromatic nitrogens is 2. The molecule has 0 unspecified atom stereocenters. The van der Waals surface area contributed by atoms with Crippen LogP contribution in [0.1, 0.15) is 12.0 Å². The van der Waals surface area contributed by atoms with Crippen molar-refractivity contribution in [3.8, 4) is 17.5 Å². The van der Waals surface area contributed by atoms with Crippen LogP contribution in [0.3, 0.4) is 0 Å². The van der Waals surface area contributed by atoms with Crippen molar-refractivity contribution in [1.29, 1.82) is 5.26 Å². The molecular weight excluding hydrogens is 304 g/mol. The van der Waals surface area contributed by atoms with Crippen molar-refractivity contribution in [2.75, 3.05) is 13.6 Å². The molecule has 2 rings (SSSR count). The topological polar surface area (TPSA) is 95.1 Å². The van der Waals surface area contributed by atoms with Gasteiger partial charge in [-0.25, -0.2) is 4.68 Å². The van der Waals surface area contributed by atoms with Gasteiger partial charge in [-0.05, 0) is 19.4 Å². The van der Waals surface area contributed by atoms with Crippen molar-refractivity contribution in [1.82, 2.24) is 20.4 Å². The average molecular weight is 324 g/mol. The molecule has 124 valence electrons. The fourth-order valence-corrected chi connectivity index (χ4v) is 2.24. The molecular formula is C17H20N6O. The molecule has 1 aromatic heterocycles. The van der Waals surface area contributed by atoms with E-state index in [0.29, 0.717) is 31.0 Å². The summed E-state index contributed by atoms with van der Waals surface area (Å²) in [5.74, 6) is 0.409. The molecule has 0 aliphatic carbocycles. The van der Waals surface area contributed by atoms with Gasteiger partial charge in [0, 0.05) is 31.3 Å². The van der Waals surface area contributed by atoms with Crippen LogP contribution < -0.4 is 16.2 Å². The number of nitriles is 1. The summed E-state index contributed by atoms with van der Waals surface area (Å²) in [6.45, 7) is 2.85. The first-order chi connectivity index (χ1) is 11.7. The number of aliphatic imine (C=N–C) groups is 1. The van der Waals surface area contributed by atoms with Gasteiger partial charge in [0.2, 0.25) is 5.96 Å². The molecule has 1 heterocycles. The molecule has 7 heteroatoms. The third-order valence-electron chi connectivity index (χ3n) is 3.46. The number of hydrogen-bond donors (Lipinski definition) is 2. The zero-order valence-electron chi connectivity index (χ0n) is 13.8. The summed E-state index contributed by atoms with van der Waals surface area (Å²) in [4.78, 5) is 16.1. The molecule has 0 atom stereocenters. The van der Waals surface area contributed by atoms with Gasteiger partial charge in [0.25, 0.3) is 5.56 Å². The Labute approximate surface area is 140 Å². The van der Waals surface area contributed by atoms with E-state index in [-0.39, 0.29) is 5.56 Å². The van der Waals surface area contributed by atoms with Crippen molar-refractivity contribution >= 4 is 5.96 Å². The standard InChI is InChI=1S/C17H20N6O/c1-13-11-15(14-7-4-3-5-8-14)22-23(16(13)24)10-6-9-20-17(19-2)21-12-18/h3-5,7-8,11H,6,9-10H2,1-2H3,(H2,19,20,21). The minimum atomic E-state index is -0.0887. The van der Waals surface area contributed by atoms with E-state index >= 15 is 0 Å². The first-order valence-corrected chi connectivity index (χ1v) is 7.65. The highest BCUT2D eigenvalue weighted by Crippen LogP contribution is 2.15. The highest BCUT2D eigenvalue weighted by Gasteiger charge is 2.07. The van der Waals surface area contributed by atoms with E-state index in [0.717, 1.165) is 11.3 Å². The Balaban J connectivity index is 2.07. The maximum absolute atomic E-state index is 12.2. The molecule has 1 aromatic carbocycles. The second-order valence-electron chi connectivity index (χ2n) is 5.20. The number of nitrogens with zero attached hydrogens (tertiary/aromatic N) is 4. The number of nitrogens with one attached hydrogen (secondary N) is 2. The summed E-state index contributed by atoms with van der Waals surface area (Å²) in [6.07, 6.45) is 2.49. The first kappa shape index (κ1) is 17.2. The molecule has 0 saturated carbocycles. The zero-order chi connectivity index (χ0) is 17.4. The Kier molecular flexibility index (Phi) is 6.08. The summed E-state index contributed by atoms with van der Waals surface area (Å²) >= 11 is 0. The molecule has 0 fully saturated rings. The molecule has 0 aliphatic heterocycles. The van der Waals surface area contributed by atoms with Crippen LogP contribution in [0.4, 0.5) is 0 Å². The minimum absolute atomic E-state index is 0.0887. The van der Waals surface area contributed by atoms with Gasteiger partial charge in [-0.1, -0.05) is 30.3 Å². The Morgan fingerprint density at radius 3 is 2.79 bits per heavy atom. The monoisotopic (exact) mass is 324 g/mol. The molecule has 0 amide bonds. The molecule has 0 bridgehead atoms. The number of rotatable bonds is 5. The summed E-state index contributed by atoms with van der Waals surface area (Å²) in [6, 6.07) is 11.6. The van der Waals surface area contributed by atoms with Crippen LogP contribution in [0.5, 0.6) is 0 Å². The zero-order valence-corrected chi connectivity index (χ0v) is 13.8. The van der Waals surface area contributed by atoms with E-state index in [1.54, 1.807) is 14.0 Å². The van der Waals surface area contributed by atoms with Crippen molar-refractivity contribution in [3.05, 3.63) is 52.3 Å². The Morgan fingerprint density at radius 2 is 2.12 bits per heavy atom. The van der Waals surface area contributed by atoms with Crippen LogP contribution in [0.2, 0.25) is 0 Å². The van der Waals surface area contributed by atoms with Gasteiger partial charge in [0.1, 0.15) is 0 Å². The van der Waals surface area contributed by atoms with Crippen molar-refractivity contribution < 1.29 is 0 Å². The molecule has 7 nitrogen and oxygen atoms in total. The van der Waals surface area contributed by atoms with E-state index in [1.165, 1.54) is 4.68 Å². The largest absolute Gasteiger partial charge is 0.356 e. The van der Waals surface area contributed by atoms with Crippen LogP contribution in [0.15, 0.2) is 46.2 Å². The Hall–Kier alpha value is -3.14. The van der Waals surface area contributed by atoms with E-state index < -0.39 is 0 Å². The predicted molar refractivity (Wildman–Crippen MR) is 93.4 cm³/mol. The van der Waals surface area contributed by atoms with Crippen LogP contribution >= 0.6 is 0 Å². The van der Waals surface area contributed by atoms with Crippen molar-refractivity contribution in [3.63, 3.8) is 0 Å². The minimum Gasteiger partial charge on any atom is -0.356 e. The molecule has 2 N–H and O–H groups in total. The molecule has 0 aliphatic rings. The molecule has 2 aromatic rings. The van der Waals surface area contributed by atoms with Crippen LogP contribution in [-0.4, -0.2) is 29.3 Å². The lowest BCUT2D eigenvalue weighted by molar-refractivity contribution is 0.543. The van der Waals surface area contributed by atoms with E-state index in [1.807, 2.05) is 42.6 Å². The summed E-state index contributed by atoms with van der Waals surface area (Å²) in [5.41, 5.74) is 2.33. The van der Waals surface area contributed by atoms with Gasteiger partial charge in [0.15, 0.2) is 6.19 Å². The Morgan fingerprint density at radius 1 is 1.38 bits per heavy atom. The quantitative estimate of drug-likeness (QED) is 0.284. The number of hydrogen-bond acceptors (Lipinski definition) is 4. The predicted octanol–water partition coefficient (Wildman–Crippen LogP) is 1.25. The Bertz CT molecular complexity index is 804. The highest BCUT2D eigenvalue weighted by molar-refractivity contribution is 5.80. The lowest BCUT2D eigenvalue weighted by Gasteiger charge is -2.10. The summed E-state index contributed by atoms with van der Waals surface area (Å²) in [7, 11) is 1.59. The van der Waals surface area contributed by atoms with E-state index in [2.05, 4.69) is 20.7 Å². The second kappa shape index (κ2) is 8.48. The normalized spacial score (nSPS) is 11.0. The fraction of sp³-hybridized carbons (Fsp3) is 0.294. The van der Waals surface area contributed by atoms with Gasteiger partial charge in [0.05, 0.1) is 5.69 Å². The van der Waals surface area contributed by atoms with Gasteiger partial charge in [-0.3, -0.25) is 15.1 Å². The molecule has 0 radical (unpaired) electrons. The lowest BCUT2D eigenvalue weighted by Crippen LogP contribution is -2.35. The third kappa shape index (κ3) is 4.43. The van der Waals surface area contributed by atoms with Gasteiger partial charge in [-0.2, -0.15) is 10.4 Å². The number of aryl methyl sites for hydroxylation is 2. The average Bonchev–Trinajstić information content (AvgIpc) is 2.61. The molecule has 0 saturated heterocycles. The highest BCUT2D eigenvalue weighted by atomic mass is 16.1. The van der Waals surface area contributed by atoms with Gasteiger partial charge < -0.3 is 5.32 Å². The van der Waals surface area contributed by atoms with E-state index in [4.69, 9.17) is 5.26 Å². The maximum atomic E-state index is 12.2. The number of benzene rings is 1. The van der Waals surface area contributed by atoms with Crippen LogP contribution in [-0.2, 0) is 6.54 Å². The third-order valence-corrected chi connectivity index (χ3v) is 3.46. The molecule has 24 heavy (non-hydrogen) atoms. The van der Waals surface area contributed by atoms with E-state index in [9.17, 15) is 4.79 Å². The second-order valence-corrected chi connectivity index (χ2v) is 5.20. The maximum Gasteiger partial charge on any atom is 0.269 e. The smallest absolute Gasteiger partial charge is 0.269 e.